The number of nitrogens with zero attached hydrogens (tertiary/aromatic N) is 2. The molecule has 1 aliphatic rings. The summed E-state index contributed by atoms with van der Waals surface area (Å²) in [6, 6.07) is 8.26. The lowest BCUT2D eigenvalue weighted by Crippen LogP contribution is -2.30. The van der Waals surface area contributed by atoms with Crippen LogP contribution < -0.4 is 10.2 Å². The molecule has 104 valence electrons. The molecule has 0 saturated carbocycles. The van der Waals surface area contributed by atoms with Gasteiger partial charge in [-0.2, -0.15) is 0 Å². The Kier molecular flexibility index (Phi) is 4.30. The van der Waals surface area contributed by atoms with Crippen LogP contribution in [0.4, 0.5) is 11.4 Å². The number of carbonyl (C=O) groups is 1. The van der Waals surface area contributed by atoms with Crippen LogP contribution in [0, 0.1) is 0 Å². The molecule has 1 unspecified atom stereocenters. The number of likely N-dealkylation sites (tertiary alicyclic amines) is 1. The van der Waals surface area contributed by atoms with Crippen LogP contribution in [-0.4, -0.2) is 43.5 Å². The summed E-state index contributed by atoms with van der Waals surface area (Å²) >= 11 is 0. The molecule has 1 aromatic rings. The summed E-state index contributed by atoms with van der Waals surface area (Å²) in [6.45, 7) is 7.17. The average Bonchev–Trinajstić information content (AvgIpc) is 2.74. The number of hydrogen-bond acceptors (Lipinski definition) is 3. The maximum absolute atomic E-state index is 11.8. The minimum absolute atomic E-state index is 0.0655. The fourth-order valence-electron chi connectivity index (χ4n) is 2.51. The molecule has 1 aliphatic heterocycles. The van der Waals surface area contributed by atoms with Crippen LogP contribution in [-0.2, 0) is 4.79 Å². The first-order valence-electron chi connectivity index (χ1n) is 7.02. The van der Waals surface area contributed by atoms with Gasteiger partial charge in [-0.3, -0.25) is 4.79 Å². The molecule has 0 bridgehead atoms. The van der Waals surface area contributed by atoms with E-state index in [2.05, 4.69) is 48.3 Å². The quantitative estimate of drug-likeness (QED) is 0.882. The first-order valence-corrected chi connectivity index (χ1v) is 7.02. The van der Waals surface area contributed by atoms with Crippen molar-refractivity contribution in [3.05, 3.63) is 24.3 Å². The number of hydrogen-bond donors (Lipinski definition) is 1. The van der Waals surface area contributed by atoms with Gasteiger partial charge in [0.2, 0.25) is 5.91 Å². The van der Waals surface area contributed by atoms with E-state index in [1.807, 2.05) is 7.05 Å². The molecule has 1 aromatic carbocycles. The second-order valence-electron chi connectivity index (χ2n) is 4.96. The van der Waals surface area contributed by atoms with Crippen molar-refractivity contribution in [2.75, 3.05) is 36.9 Å². The Balaban J connectivity index is 2.01. The smallest absolute Gasteiger partial charge is 0.244 e. The maximum Gasteiger partial charge on any atom is 0.244 e. The molecule has 1 saturated heterocycles. The molecule has 19 heavy (non-hydrogen) atoms. The number of nitrogens with one attached hydrogen (secondary N) is 1. The summed E-state index contributed by atoms with van der Waals surface area (Å²) in [5, 5.41) is 3.31. The van der Waals surface area contributed by atoms with E-state index in [-0.39, 0.29) is 11.9 Å². The third kappa shape index (κ3) is 3.00. The summed E-state index contributed by atoms with van der Waals surface area (Å²) in [4.78, 5) is 15.9. The predicted octanol–water partition coefficient (Wildman–Crippen LogP) is 2.18. The van der Waals surface area contributed by atoms with E-state index in [0.717, 1.165) is 31.7 Å². The summed E-state index contributed by atoms with van der Waals surface area (Å²) in [5.41, 5.74) is 2.25. The van der Waals surface area contributed by atoms with Gasteiger partial charge in [-0.15, -0.1) is 0 Å². The molecule has 1 amide bonds. The monoisotopic (exact) mass is 261 g/mol. The molecule has 1 fully saturated rings. The molecule has 4 nitrogen and oxygen atoms in total. The van der Waals surface area contributed by atoms with Gasteiger partial charge in [-0.25, -0.2) is 0 Å². The molecule has 1 N–H and O–H groups in total. The summed E-state index contributed by atoms with van der Waals surface area (Å²) in [6.07, 6.45) is 0.882. The number of likely N-dealkylation sites (N-methyl/N-ethyl adjacent to an activating group) is 1. The van der Waals surface area contributed by atoms with Gasteiger partial charge in [0.25, 0.3) is 0 Å². The van der Waals surface area contributed by atoms with E-state index in [0.29, 0.717) is 0 Å². The number of anilines is 2. The van der Waals surface area contributed by atoms with Gasteiger partial charge in [-0.05, 0) is 44.5 Å². The molecule has 1 heterocycles. The van der Waals surface area contributed by atoms with Crippen LogP contribution in [0.5, 0.6) is 0 Å². The Labute approximate surface area is 115 Å². The van der Waals surface area contributed by atoms with Crippen molar-refractivity contribution in [2.24, 2.45) is 0 Å². The zero-order valence-corrected chi connectivity index (χ0v) is 12.0. The second kappa shape index (κ2) is 5.95. The van der Waals surface area contributed by atoms with Crippen molar-refractivity contribution in [2.45, 2.75) is 26.3 Å². The third-order valence-electron chi connectivity index (χ3n) is 3.76. The zero-order valence-electron chi connectivity index (χ0n) is 12.0. The number of carbonyl (C=O) groups excluding carboxylic acids is 1. The fourth-order valence-corrected chi connectivity index (χ4v) is 2.51. The maximum atomic E-state index is 11.8. The van der Waals surface area contributed by atoms with E-state index in [9.17, 15) is 4.79 Å². The van der Waals surface area contributed by atoms with Crippen molar-refractivity contribution in [3.63, 3.8) is 0 Å². The van der Waals surface area contributed by atoms with E-state index in [1.165, 1.54) is 5.69 Å². The topological polar surface area (TPSA) is 35.6 Å². The molecule has 4 heteroatoms. The third-order valence-corrected chi connectivity index (χ3v) is 3.76. The SMILES string of the molecule is CCN(CC)c1ccc(NC2CCN(C)C2=O)cc1. The highest BCUT2D eigenvalue weighted by atomic mass is 16.2. The van der Waals surface area contributed by atoms with Crippen molar-refractivity contribution in [1.29, 1.82) is 0 Å². The lowest BCUT2D eigenvalue weighted by Gasteiger charge is -2.21. The van der Waals surface area contributed by atoms with Crippen LogP contribution in [0.15, 0.2) is 24.3 Å². The van der Waals surface area contributed by atoms with E-state index < -0.39 is 0 Å². The first kappa shape index (κ1) is 13.7. The summed E-state index contributed by atoms with van der Waals surface area (Å²) in [7, 11) is 1.85. The number of benzene rings is 1. The molecule has 0 spiro atoms. The zero-order chi connectivity index (χ0) is 13.8. The average molecular weight is 261 g/mol. The van der Waals surface area contributed by atoms with Gasteiger partial charge in [-0.1, -0.05) is 0 Å². The normalized spacial score (nSPS) is 18.8. The van der Waals surface area contributed by atoms with Crippen molar-refractivity contribution >= 4 is 17.3 Å². The molecular weight excluding hydrogens is 238 g/mol. The van der Waals surface area contributed by atoms with Gasteiger partial charge in [0.15, 0.2) is 0 Å². The molecule has 2 rings (SSSR count). The Bertz CT molecular complexity index is 426. The van der Waals surface area contributed by atoms with Crippen LogP contribution in [0.25, 0.3) is 0 Å². The van der Waals surface area contributed by atoms with E-state index in [4.69, 9.17) is 0 Å². The lowest BCUT2D eigenvalue weighted by molar-refractivity contribution is -0.127. The highest BCUT2D eigenvalue weighted by Gasteiger charge is 2.28. The Morgan fingerprint density at radius 1 is 1.26 bits per heavy atom. The number of rotatable bonds is 5. The highest BCUT2D eigenvalue weighted by molar-refractivity contribution is 5.86. The van der Waals surface area contributed by atoms with Crippen LogP contribution in [0.2, 0.25) is 0 Å². The Morgan fingerprint density at radius 3 is 2.37 bits per heavy atom. The lowest BCUT2D eigenvalue weighted by atomic mass is 10.2. The van der Waals surface area contributed by atoms with Crippen molar-refractivity contribution in [1.82, 2.24) is 4.90 Å². The Morgan fingerprint density at radius 2 is 1.89 bits per heavy atom. The van der Waals surface area contributed by atoms with Crippen molar-refractivity contribution < 1.29 is 4.79 Å². The minimum Gasteiger partial charge on any atom is -0.374 e. The highest BCUT2D eigenvalue weighted by Crippen LogP contribution is 2.20. The van der Waals surface area contributed by atoms with E-state index >= 15 is 0 Å². The number of amides is 1. The second-order valence-corrected chi connectivity index (χ2v) is 4.96. The first-order chi connectivity index (χ1) is 9.15. The minimum atomic E-state index is -0.0655. The predicted molar refractivity (Wildman–Crippen MR) is 79.7 cm³/mol. The van der Waals surface area contributed by atoms with E-state index in [1.54, 1.807) is 4.90 Å². The molecule has 1 atom stereocenters. The van der Waals surface area contributed by atoms with Crippen LogP contribution in [0.3, 0.4) is 0 Å². The van der Waals surface area contributed by atoms with Gasteiger partial charge >= 0.3 is 0 Å². The molecule has 0 radical (unpaired) electrons. The summed E-state index contributed by atoms with van der Waals surface area (Å²) < 4.78 is 0. The van der Waals surface area contributed by atoms with Crippen molar-refractivity contribution in [3.8, 4) is 0 Å². The van der Waals surface area contributed by atoms with Gasteiger partial charge < -0.3 is 15.1 Å². The fraction of sp³-hybridized carbons (Fsp3) is 0.533. The Hall–Kier alpha value is -1.71. The standard InChI is InChI=1S/C15H23N3O/c1-4-18(5-2)13-8-6-12(7-9-13)16-14-10-11-17(3)15(14)19/h6-9,14,16H,4-5,10-11H2,1-3H3. The summed E-state index contributed by atoms with van der Waals surface area (Å²) in [5.74, 6) is 0.188. The van der Waals surface area contributed by atoms with Crippen LogP contribution in [0.1, 0.15) is 20.3 Å². The van der Waals surface area contributed by atoms with Gasteiger partial charge in [0, 0.05) is 38.1 Å². The molecule has 0 aliphatic carbocycles. The molecular formula is C15H23N3O. The van der Waals surface area contributed by atoms with Gasteiger partial charge in [0.05, 0.1) is 0 Å². The molecule has 0 aromatic heterocycles. The van der Waals surface area contributed by atoms with Crippen LogP contribution >= 0.6 is 0 Å². The van der Waals surface area contributed by atoms with Gasteiger partial charge in [0.1, 0.15) is 6.04 Å². The largest absolute Gasteiger partial charge is 0.374 e.